The van der Waals surface area contributed by atoms with Crippen molar-refractivity contribution in [1.82, 2.24) is 4.90 Å². The van der Waals surface area contributed by atoms with Gasteiger partial charge in [-0.3, -0.25) is 4.79 Å². The molecule has 0 bridgehead atoms. The third-order valence-corrected chi connectivity index (χ3v) is 2.10. The largest absolute Gasteiger partial charge is 0.303 e. The maximum Gasteiger partial charge on any atom is 0.138 e. The molecule has 0 amide bonds. The van der Waals surface area contributed by atoms with Crippen LogP contribution in [0.25, 0.3) is 0 Å². The van der Waals surface area contributed by atoms with Crippen LogP contribution in [0, 0.1) is 0 Å². The predicted octanol–water partition coefficient (Wildman–Crippen LogP) is 2.25. The molecule has 0 heterocycles. The lowest BCUT2D eigenvalue weighted by molar-refractivity contribution is -0.118. The number of nitrogens with zero attached hydrogens (tertiary/aromatic N) is 1. The molecule has 76 valence electrons. The van der Waals surface area contributed by atoms with Crippen molar-refractivity contribution in [2.45, 2.75) is 33.6 Å². The monoisotopic (exact) mass is 183 g/mol. The van der Waals surface area contributed by atoms with Crippen LogP contribution in [0.15, 0.2) is 12.2 Å². The second-order valence-electron chi connectivity index (χ2n) is 3.45. The lowest BCUT2D eigenvalue weighted by Gasteiger charge is -2.16. The first-order valence-electron chi connectivity index (χ1n) is 4.98. The Morgan fingerprint density at radius 2 is 1.85 bits per heavy atom. The summed E-state index contributed by atoms with van der Waals surface area (Å²) in [6, 6.07) is 0. The van der Waals surface area contributed by atoms with Crippen molar-refractivity contribution in [2.24, 2.45) is 0 Å². The number of carbonyl (C=O) groups is 1. The first-order valence-corrected chi connectivity index (χ1v) is 4.98. The highest BCUT2D eigenvalue weighted by atomic mass is 16.1. The summed E-state index contributed by atoms with van der Waals surface area (Å²) >= 11 is 0. The molecule has 0 aliphatic heterocycles. The Balaban J connectivity index is 3.62. The summed E-state index contributed by atoms with van der Waals surface area (Å²) in [6.45, 7) is 12.8. The van der Waals surface area contributed by atoms with Crippen LogP contribution in [0.1, 0.15) is 33.6 Å². The lowest BCUT2D eigenvalue weighted by atomic mass is 10.1. The number of allylic oxidation sites excluding steroid dienone is 1. The van der Waals surface area contributed by atoms with Crippen molar-refractivity contribution in [2.75, 3.05) is 19.6 Å². The molecule has 0 atom stereocenters. The van der Waals surface area contributed by atoms with Crippen molar-refractivity contribution in [3.63, 3.8) is 0 Å². The highest BCUT2D eigenvalue weighted by Gasteiger charge is 2.04. The first kappa shape index (κ1) is 12.4. The van der Waals surface area contributed by atoms with E-state index in [9.17, 15) is 4.79 Å². The molecule has 13 heavy (non-hydrogen) atoms. The molecule has 2 heteroatoms. The van der Waals surface area contributed by atoms with E-state index < -0.39 is 0 Å². The zero-order valence-corrected chi connectivity index (χ0v) is 9.10. The minimum absolute atomic E-state index is 0.305. The summed E-state index contributed by atoms with van der Waals surface area (Å²) < 4.78 is 0. The Kier molecular flexibility index (Phi) is 6.51. The molecule has 0 N–H and O–H groups in total. The number of hydrogen-bond donors (Lipinski definition) is 0. The molecule has 0 saturated heterocycles. The Morgan fingerprint density at radius 1 is 1.31 bits per heavy atom. The van der Waals surface area contributed by atoms with E-state index in [0.29, 0.717) is 18.6 Å². The van der Waals surface area contributed by atoms with Gasteiger partial charge in [0.25, 0.3) is 0 Å². The number of carbonyl (C=O) groups excluding carboxylic acids is 1. The molecular formula is C11H21NO. The van der Waals surface area contributed by atoms with Crippen LogP contribution in [-0.4, -0.2) is 30.3 Å². The van der Waals surface area contributed by atoms with Crippen molar-refractivity contribution in [3.05, 3.63) is 12.2 Å². The van der Waals surface area contributed by atoms with Crippen molar-refractivity contribution in [3.8, 4) is 0 Å². The van der Waals surface area contributed by atoms with Gasteiger partial charge in [-0.1, -0.05) is 26.0 Å². The SMILES string of the molecule is C=C(C)CC(=O)CCN(CC)CC. The Labute approximate surface area is 81.6 Å². The molecule has 2 nitrogen and oxygen atoms in total. The maximum absolute atomic E-state index is 11.3. The minimum Gasteiger partial charge on any atom is -0.303 e. The summed E-state index contributed by atoms with van der Waals surface area (Å²) in [7, 11) is 0. The summed E-state index contributed by atoms with van der Waals surface area (Å²) in [6.07, 6.45) is 1.20. The van der Waals surface area contributed by atoms with Crippen LogP contribution in [0.3, 0.4) is 0 Å². The first-order chi connectivity index (χ1) is 6.10. The van der Waals surface area contributed by atoms with Gasteiger partial charge >= 0.3 is 0 Å². The van der Waals surface area contributed by atoms with Gasteiger partial charge in [0.15, 0.2) is 0 Å². The van der Waals surface area contributed by atoms with Gasteiger partial charge in [-0.05, 0) is 20.0 Å². The van der Waals surface area contributed by atoms with E-state index in [-0.39, 0.29) is 0 Å². The van der Waals surface area contributed by atoms with Crippen molar-refractivity contribution in [1.29, 1.82) is 0 Å². The van der Waals surface area contributed by atoms with Crippen LogP contribution in [-0.2, 0) is 4.79 Å². The van der Waals surface area contributed by atoms with Gasteiger partial charge in [-0.2, -0.15) is 0 Å². The smallest absolute Gasteiger partial charge is 0.138 e. The van der Waals surface area contributed by atoms with Gasteiger partial charge in [0.05, 0.1) is 0 Å². The zero-order chi connectivity index (χ0) is 10.3. The fraction of sp³-hybridized carbons (Fsp3) is 0.727. The molecule has 0 unspecified atom stereocenters. The van der Waals surface area contributed by atoms with E-state index in [1.807, 2.05) is 6.92 Å². The highest BCUT2D eigenvalue weighted by molar-refractivity contribution is 5.80. The number of hydrogen-bond acceptors (Lipinski definition) is 2. The zero-order valence-electron chi connectivity index (χ0n) is 9.10. The van der Waals surface area contributed by atoms with Crippen molar-refractivity contribution >= 4 is 5.78 Å². The summed E-state index contributed by atoms with van der Waals surface area (Å²) in [5.41, 5.74) is 0.963. The van der Waals surface area contributed by atoms with Crippen LogP contribution in [0.4, 0.5) is 0 Å². The average molecular weight is 183 g/mol. The van der Waals surface area contributed by atoms with E-state index in [2.05, 4.69) is 25.3 Å². The molecule has 0 aromatic heterocycles. The van der Waals surface area contributed by atoms with Gasteiger partial charge in [0.1, 0.15) is 5.78 Å². The molecule has 0 aromatic rings. The fourth-order valence-corrected chi connectivity index (χ4v) is 1.25. The number of ketones is 1. The highest BCUT2D eigenvalue weighted by Crippen LogP contribution is 2.01. The summed E-state index contributed by atoms with van der Waals surface area (Å²) in [5, 5.41) is 0. The summed E-state index contributed by atoms with van der Waals surface area (Å²) in [5.74, 6) is 0.305. The standard InChI is InChI=1S/C11H21NO/c1-5-12(6-2)8-7-11(13)9-10(3)4/h3,5-9H2,1-2,4H3. The molecule has 0 aliphatic carbocycles. The Morgan fingerprint density at radius 3 is 2.23 bits per heavy atom. The summed E-state index contributed by atoms with van der Waals surface area (Å²) in [4.78, 5) is 13.6. The van der Waals surface area contributed by atoms with E-state index in [0.717, 1.165) is 25.2 Å². The molecule has 0 radical (unpaired) electrons. The predicted molar refractivity (Wildman–Crippen MR) is 56.8 cm³/mol. The van der Waals surface area contributed by atoms with Gasteiger partial charge in [0.2, 0.25) is 0 Å². The molecule has 0 spiro atoms. The van der Waals surface area contributed by atoms with E-state index in [1.165, 1.54) is 0 Å². The third kappa shape index (κ3) is 6.52. The van der Waals surface area contributed by atoms with E-state index in [1.54, 1.807) is 0 Å². The Bertz CT molecular complexity index is 171. The average Bonchev–Trinajstić information content (AvgIpc) is 2.05. The van der Waals surface area contributed by atoms with Crippen LogP contribution in [0.2, 0.25) is 0 Å². The molecule has 0 fully saturated rings. The van der Waals surface area contributed by atoms with E-state index >= 15 is 0 Å². The van der Waals surface area contributed by atoms with Gasteiger partial charge in [0, 0.05) is 19.4 Å². The number of rotatable bonds is 7. The van der Waals surface area contributed by atoms with E-state index in [4.69, 9.17) is 0 Å². The van der Waals surface area contributed by atoms with Crippen LogP contribution in [0.5, 0.6) is 0 Å². The Hall–Kier alpha value is -0.630. The fourth-order valence-electron chi connectivity index (χ4n) is 1.25. The third-order valence-electron chi connectivity index (χ3n) is 2.10. The molecule has 0 aromatic carbocycles. The topological polar surface area (TPSA) is 20.3 Å². The maximum atomic E-state index is 11.3. The van der Waals surface area contributed by atoms with Crippen LogP contribution >= 0.6 is 0 Å². The second-order valence-corrected chi connectivity index (χ2v) is 3.45. The molecule has 0 saturated carbocycles. The van der Waals surface area contributed by atoms with Crippen molar-refractivity contribution < 1.29 is 4.79 Å². The second kappa shape index (κ2) is 6.84. The van der Waals surface area contributed by atoms with Gasteiger partial charge in [-0.25, -0.2) is 0 Å². The molecule has 0 rings (SSSR count). The molecule has 0 aliphatic rings. The van der Waals surface area contributed by atoms with Gasteiger partial charge in [-0.15, -0.1) is 0 Å². The quantitative estimate of drug-likeness (QED) is 0.564. The normalized spacial score (nSPS) is 10.5. The van der Waals surface area contributed by atoms with Gasteiger partial charge < -0.3 is 4.90 Å². The number of Topliss-reactive ketones (excluding diaryl/α,β-unsaturated/α-hetero) is 1. The lowest BCUT2D eigenvalue weighted by Crippen LogP contribution is -2.25. The minimum atomic E-state index is 0.305. The van der Waals surface area contributed by atoms with Crippen LogP contribution < -0.4 is 0 Å². The molecular weight excluding hydrogens is 162 g/mol.